The second kappa shape index (κ2) is 17.4. The van der Waals surface area contributed by atoms with Crippen LogP contribution in [0.2, 0.25) is 0 Å². The number of anilines is 6. The van der Waals surface area contributed by atoms with Crippen molar-refractivity contribution in [3.8, 4) is 0 Å². The Balaban J connectivity index is 0.921. The zero-order valence-corrected chi connectivity index (χ0v) is 41.5. The fourth-order valence-electron chi connectivity index (χ4n) is 10.4. The van der Waals surface area contributed by atoms with Gasteiger partial charge in [-0.3, -0.25) is 19.2 Å². The minimum atomic E-state index is -0.277. The van der Waals surface area contributed by atoms with Gasteiger partial charge >= 0.3 is 0 Å². The highest BCUT2D eigenvalue weighted by molar-refractivity contribution is 6.31. The molecule has 0 bridgehead atoms. The van der Waals surface area contributed by atoms with Crippen LogP contribution in [0.3, 0.4) is 0 Å². The van der Waals surface area contributed by atoms with Crippen molar-refractivity contribution < 1.29 is 19.2 Å². The van der Waals surface area contributed by atoms with Gasteiger partial charge in [-0.15, -0.1) is 0 Å². The average molecular weight is 945 g/mol. The average Bonchev–Trinajstić information content (AvgIpc) is 4.00. The first-order chi connectivity index (χ1) is 34.7. The molecule has 11 rings (SSSR count). The molecule has 10 nitrogen and oxygen atoms in total. The van der Waals surface area contributed by atoms with Gasteiger partial charge in [0.1, 0.15) is 0 Å². The number of amides is 4. The van der Waals surface area contributed by atoms with Crippen LogP contribution in [0.4, 0.5) is 34.1 Å². The Morgan fingerprint density at radius 1 is 0.250 bits per heavy atom. The molecule has 4 heterocycles. The van der Waals surface area contributed by atoms with Crippen molar-refractivity contribution in [1.82, 2.24) is 19.6 Å². The highest BCUT2D eigenvalue weighted by Crippen LogP contribution is 2.49. The predicted molar refractivity (Wildman–Crippen MR) is 286 cm³/mol. The van der Waals surface area contributed by atoms with E-state index in [2.05, 4.69) is 135 Å². The number of rotatable bonds is 10. The first-order valence-electron chi connectivity index (χ1n) is 24.0. The zero-order valence-electron chi connectivity index (χ0n) is 41.5. The maximum atomic E-state index is 14.3. The first-order valence-corrected chi connectivity index (χ1v) is 24.0. The molecule has 4 aliphatic rings. The Morgan fingerprint density at radius 3 is 0.583 bits per heavy atom. The van der Waals surface area contributed by atoms with Crippen LogP contribution in [-0.4, -0.2) is 71.4 Å². The van der Waals surface area contributed by atoms with Gasteiger partial charge in [0.05, 0.1) is 45.1 Å². The van der Waals surface area contributed by atoms with Gasteiger partial charge in [-0.05, 0) is 123 Å². The summed E-state index contributed by atoms with van der Waals surface area (Å²) in [6, 6.07) is 56.9. The van der Waals surface area contributed by atoms with Crippen LogP contribution in [0, 0.1) is 27.7 Å². The van der Waals surface area contributed by atoms with E-state index in [-0.39, 0.29) is 23.6 Å². The van der Waals surface area contributed by atoms with Gasteiger partial charge in [0.15, 0.2) is 0 Å². The van der Waals surface area contributed by atoms with E-state index in [0.717, 1.165) is 45.3 Å². The molecule has 0 fully saturated rings. The number of hydrogen-bond donors (Lipinski definition) is 0. The normalized spacial score (nSPS) is 15.6. The minimum absolute atomic E-state index is 0.277. The van der Waals surface area contributed by atoms with E-state index < -0.39 is 0 Å². The fourth-order valence-corrected chi connectivity index (χ4v) is 10.4. The molecule has 0 saturated carbocycles. The molecule has 0 atom stereocenters. The molecular formula is C62H52N6O4. The Morgan fingerprint density at radius 2 is 0.403 bits per heavy atom. The summed E-state index contributed by atoms with van der Waals surface area (Å²) in [5, 5.41) is 0. The number of likely N-dealkylation sites (N-methyl/N-ethyl adjacent to an activating group) is 4. The van der Waals surface area contributed by atoms with E-state index in [1.165, 1.54) is 32.1 Å². The van der Waals surface area contributed by atoms with Gasteiger partial charge in [0.2, 0.25) is 0 Å². The highest BCUT2D eigenvalue weighted by Gasteiger charge is 2.48. The minimum Gasteiger partial charge on any atom is -0.311 e. The number of hydrogen-bond acceptors (Lipinski definition) is 6. The topological polar surface area (TPSA) is 87.7 Å². The SMILES string of the molecule is Cc1ccc(N(c2ccc(C)cc2)c2ccc(C3=C4C(=O)N(C)C(c5ccc(C6=C7C(=O)N(C)C(c8ccc(N(c9ccc(C)cc9)c9ccc(C)cc9)cc8)=C7C(=O)N6C)cc5)=C4C(=O)N3C)cc2)cc1. The lowest BCUT2D eigenvalue weighted by atomic mass is 9.99. The van der Waals surface area contributed by atoms with Crippen LogP contribution in [0.5, 0.6) is 0 Å². The van der Waals surface area contributed by atoms with E-state index >= 15 is 0 Å². The van der Waals surface area contributed by atoms with E-state index in [1.54, 1.807) is 38.0 Å². The lowest BCUT2D eigenvalue weighted by Gasteiger charge is -2.26. The molecule has 0 saturated heterocycles. The van der Waals surface area contributed by atoms with Crippen LogP contribution >= 0.6 is 0 Å². The molecular weight excluding hydrogens is 893 g/mol. The van der Waals surface area contributed by atoms with Crippen molar-refractivity contribution in [3.05, 3.63) is 237 Å². The third-order valence-corrected chi connectivity index (χ3v) is 14.3. The van der Waals surface area contributed by atoms with Crippen LogP contribution in [0.25, 0.3) is 22.8 Å². The molecule has 0 N–H and O–H groups in total. The van der Waals surface area contributed by atoms with Gasteiger partial charge in [0, 0.05) is 62.3 Å². The number of carbonyl (C=O) groups excluding carboxylic acids is 4. The quantitative estimate of drug-likeness (QED) is 0.136. The molecule has 4 aliphatic heterocycles. The van der Waals surface area contributed by atoms with E-state index in [0.29, 0.717) is 56.2 Å². The molecule has 354 valence electrons. The molecule has 10 heteroatoms. The summed E-state index contributed by atoms with van der Waals surface area (Å²) in [4.78, 5) is 67.7. The van der Waals surface area contributed by atoms with Crippen LogP contribution in [0.1, 0.15) is 44.5 Å². The summed E-state index contributed by atoms with van der Waals surface area (Å²) in [6.45, 7) is 8.27. The van der Waals surface area contributed by atoms with Crippen LogP contribution < -0.4 is 9.80 Å². The third-order valence-electron chi connectivity index (χ3n) is 14.3. The summed E-state index contributed by atoms with van der Waals surface area (Å²) < 4.78 is 0. The monoisotopic (exact) mass is 944 g/mol. The van der Waals surface area contributed by atoms with Crippen molar-refractivity contribution in [2.24, 2.45) is 0 Å². The van der Waals surface area contributed by atoms with Crippen molar-refractivity contribution in [3.63, 3.8) is 0 Å². The van der Waals surface area contributed by atoms with Gasteiger partial charge in [-0.2, -0.15) is 0 Å². The molecule has 7 aromatic carbocycles. The molecule has 4 amide bonds. The van der Waals surface area contributed by atoms with Gasteiger partial charge in [-0.25, -0.2) is 0 Å². The Hall–Kier alpha value is -9.02. The molecule has 0 aliphatic carbocycles. The summed E-state index contributed by atoms with van der Waals surface area (Å²) in [7, 11) is 6.79. The summed E-state index contributed by atoms with van der Waals surface area (Å²) in [5.74, 6) is -1.11. The van der Waals surface area contributed by atoms with Crippen LogP contribution in [0.15, 0.2) is 192 Å². The lowest BCUT2D eigenvalue weighted by molar-refractivity contribution is -0.123. The van der Waals surface area contributed by atoms with Crippen molar-refractivity contribution in [2.75, 3.05) is 38.0 Å². The maximum absolute atomic E-state index is 14.3. The number of aryl methyl sites for hydroxylation is 4. The first kappa shape index (κ1) is 45.4. The van der Waals surface area contributed by atoms with E-state index in [9.17, 15) is 19.2 Å². The van der Waals surface area contributed by atoms with Gasteiger partial charge in [0.25, 0.3) is 23.6 Å². The molecule has 7 aromatic rings. The van der Waals surface area contributed by atoms with Crippen molar-refractivity contribution in [2.45, 2.75) is 27.7 Å². The summed E-state index contributed by atoms with van der Waals surface area (Å²) in [5.41, 5.74) is 16.8. The molecule has 0 radical (unpaired) electrons. The lowest BCUT2D eigenvalue weighted by Crippen LogP contribution is -2.25. The molecule has 72 heavy (non-hydrogen) atoms. The van der Waals surface area contributed by atoms with Crippen LogP contribution in [-0.2, 0) is 19.2 Å². The fraction of sp³-hybridized carbons (Fsp3) is 0.129. The summed E-state index contributed by atoms with van der Waals surface area (Å²) in [6.07, 6.45) is 0. The number of nitrogens with zero attached hydrogens (tertiary/aromatic N) is 6. The highest BCUT2D eigenvalue weighted by atomic mass is 16.2. The standard InChI is InChI=1S/C62H52N6O4/c1-37-9-25-45(26-10-37)67(46-27-11-38(2)12-28-46)49-33-21-43(22-34-49)57-53-51(59(69)65(57)7)55(63(5)61(53)71)41-17-19-42(20-18-41)56-52-54(62(72)64(56)6)58(66(8)60(52)70)44-23-35-50(36-24-44)68(47-29-13-39(3)14-30-47)48-31-15-40(4)16-32-48/h9-36H,1-8H3. The van der Waals surface area contributed by atoms with Crippen molar-refractivity contribution in [1.29, 1.82) is 0 Å². The molecule has 0 unspecified atom stereocenters. The number of benzene rings is 7. The van der Waals surface area contributed by atoms with Crippen molar-refractivity contribution >= 4 is 80.5 Å². The van der Waals surface area contributed by atoms with Gasteiger partial charge < -0.3 is 29.4 Å². The Bertz CT molecular complexity index is 3200. The Kier molecular flexibility index (Phi) is 11.0. The predicted octanol–water partition coefficient (Wildman–Crippen LogP) is 12.0. The van der Waals surface area contributed by atoms with Gasteiger partial charge in [-0.1, -0.05) is 119 Å². The Labute approximate surface area is 419 Å². The largest absolute Gasteiger partial charge is 0.311 e. The second-order valence-corrected chi connectivity index (χ2v) is 19.0. The third kappa shape index (κ3) is 7.33. The van der Waals surface area contributed by atoms with E-state index in [1.807, 2.05) is 72.8 Å². The zero-order chi connectivity index (χ0) is 50.3. The maximum Gasteiger partial charge on any atom is 0.261 e. The smallest absolute Gasteiger partial charge is 0.261 e. The number of carbonyl (C=O) groups is 4. The molecule has 0 aromatic heterocycles. The van der Waals surface area contributed by atoms with E-state index in [4.69, 9.17) is 0 Å². The second-order valence-electron chi connectivity index (χ2n) is 19.0. The molecule has 0 spiro atoms. The number of fused-ring (bicyclic) bond motifs is 2. The summed E-state index contributed by atoms with van der Waals surface area (Å²) >= 11 is 0.